The minimum absolute atomic E-state index is 0.213. The summed E-state index contributed by atoms with van der Waals surface area (Å²) in [6.07, 6.45) is 0. The normalized spacial score (nSPS) is 16.8. The molecule has 4 nitrogen and oxygen atoms in total. The van der Waals surface area contributed by atoms with Crippen LogP contribution in [0, 0.1) is 11.3 Å². The van der Waals surface area contributed by atoms with Crippen molar-refractivity contribution in [3.05, 3.63) is 23.8 Å². The molecule has 1 heterocycles. The predicted molar refractivity (Wildman–Crippen MR) is 74.8 cm³/mol. The van der Waals surface area contributed by atoms with Gasteiger partial charge < -0.3 is 13.9 Å². The standard InChI is InChI=1S/C13H16ClNO3Si/c1-13(7-15,18-19(2,3)8-14)10-4-5-11-12(6-10)17-9-16-11/h4-6H,8-9H2,1-3H3. The van der Waals surface area contributed by atoms with E-state index in [0.29, 0.717) is 17.0 Å². The maximum absolute atomic E-state index is 9.48. The van der Waals surface area contributed by atoms with E-state index in [4.69, 9.17) is 25.5 Å². The molecule has 0 N–H and O–H groups in total. The summed E-state index contributed by atoms with van der Waals surface area (Å²) in [5.74, 6) is 1.34. The molecule has 0 amide bonds. The molecule has 1 aromatic carbocycles. The zero-order valence-electron chi connectivity index (χ0n) is 11.2. The van der Waals surface area contributed by atoms with Crippen LogP contribution in [0.15, 0.2) is 18.2 Å². The van der Waals surface area contributed by atoms with Crippen LogP contribution in [-0.4, -0.2) is 20.6 Å². The molecular formula is C13H16ClNO3Si. The van der Waals surface area contributed by atoms with Gasteiger partial charge in [0.2, 0.25) is 15.1 Å². The molecule has 102 valence electrons. The van der Waals surface area contributed by atoms with Crippen LogP contribution in [0.4, 0.5) is 0 Å². The van der Waals surface area contributed by atoms with Gasteiger partial charge in [-0.05, 0) is 32.2 Å². The second-order valence-corrected chi connectivity index (χ2v) is 10.0. The van der Waals surface area contributed by atoms with Crippen LogP contribution in [-0.2, 0) is 10.0 Å². The van der Waals surface area contributed by atoms with Crippen LogP contribution in [0.25, 0.3) is 0 Å². The predicted octanol–water partition coefficient (Wildman–Crippen LogP) is 3.15. The number of ether oxygens (including phenoxy) is 2. The molecule has 0 aromatic heterocycles. The average molecular weight is 298 g/mol. The molecule has 0 saturated carbocycles. The largest absolute Gasteiger partial charge is 0.454 e. The Hall–Kier alpha value is -1.22. The summed E-state index contributed by atoms with van der Waals surface area (Å²) >= 11 is 5.92. The summed E-state index contributed by atoms with van der Waals surface area (Å²) in [7, 11) is -2.07. The first-order chi connectivity index (χ1) is 8.90. The number of hydrogen-bond donors (Lipinski definition) is 0. The number of rotatable bonds is 4. The average Bonchev–Trinajstić information content (AvgIpc) is 2.85. The number of halogens is 1. The van der Waals surface area contributed by atoms with E-state index in [9.17, 15) is 5.26 Å². The molecule has 1 aliphatic rings. The smallest absolute Gasteiger partial charge is 0.231 e. The molecule has 0 bridgehead atoms. The number of nitrogens with zero attached hydrogens (tertiary/aromatic N) is 1. The quantitative estimate of drug-likeness (QED) is 0.633. The van der Waals surface area contributed by atoms with Crippen LogP contribution in [0.3, 0.4) is 0 Å². The fraction of sp³-hybridized carbons (Fsp3) is 0.462. The number of fused-ring (bicyclic) bond motifs is 1. The van der Waals surface area contributed by atoms with E-state index in [1.54, 1.807) is 19.1 Å². The molecule has 0 spiro atoms. The van der Waals surface area contributed by atoms with Gasteiger partial charge in [-0.1, -0.05) is 6.07 Å². The van der Waals surface area contributed by atoms with Crippen molar-refractivity contribution in [3.63, 3.8) is 0 Å². The highest BCUT2D eigenvalue weighted by molar-refractivity contribution is 6.77. The SMILES string of the molecule is CC(C#N)(O[Si](C)(C)CCl)c1ccc2c(c1)OCO2. The molecule has 1 aromatic rings. The maximum Gasteiger partial charge on any atom is 0.231 e. The highest BCUT2D eigenvalue weighted by atomic mass is 35.5. The van der Waals surface area contributed by atoms with E-state index < -0.39 is 13.9 Å². The number of hydrogen-bond acceptors (Lipinski definition) is 4. The molecule has 19 heavy (non-hydrogen) atoms. The Balaban J connectivity index is 2.34. The van der Waals surface area contributed by atoms with E-state index >= 15 is 0 Å². The second-order valence-electron chi connectivity index (χ2n) is 5.21. The Morgan fingerprint density at radius 3 is 2.74 bits per heavy atom. The molecule has 1 atom stereocenters. The summed E-state index contributed by atoms with van der Waals surface area (Å²) in [5.41, 5.74) is 0.172. The lowest BCUT2D eigenvalue weighted by Crippen LogP contribution is -2.42. The van der Waals surface area contributed by atoms with Crippen molar-refractivity contribution >= 4 is 19.9 Å². The zero-order chi connectivity index (χ0) is 14.1. The number of alkyl halides is 1. The molecule has 0 radical (unpaired) electrons. The maximum atomic E-state index is 9.48. The second kappa shape index (κ2) is 5.04. The van der Waals surface area contributed by atoms with Gasteiger partial charge in [0.1, 0.15) is 6.07 Å². The third-order valence-electron chi connectivity index (χ3n) is 2.94. The van der Waals surface area contributed by atoms with Gasteiger partial charge in [-0.2, -0.15) is 5.26 Å². The van der Waals surface area contributed by atoms with Crippen LogP contribution in [0.1, 0.15) is 12.5 Å². The Kier molecular flexibility index (Phi) is 3.77. The summed E-state index contributed by atoms with van der Waals surface area (Å²) in [6.45, 7) is 5.95. The van der Waals surface area contributed by atoms with Gasteiger partial charge in [0.25, 0.3) is 0 Å². The van der Waals surface area contributed by atoms with Gasteiger partial charge in [-0.15, -0.1) is 11.6 Å². The zero-order valence-corrected chi connectivity index (χ0v) is 13.0. The lowest BCUT2D eigenvalue weighted by molar-refractivity contribution is 0.140. The van der Waals surface area contributed by atoms with Crippen molar-refractivity contribution in [1.82, 2.24) is 0 Å². The number of benzene rings is 1. The van der Waals surface area contributed by atoms with Crippen molar-refractivity contribution in [1.29, 1.82) is 5.26 Å². The third-order valence-corrected chi connectivity index (χ3v) is 6.47. The molecule has 0 aliphatic carbocycles. The first-order valence-electron chi connectivity index (χ1n) is 5.98. The Labute approximate surface area is 119 Å². The van der Waals surface area contributed by atoms with Crippen molar-refractivity contribution < 1.29 is 13.9 Å². The van der Waals surface area contributed by atoms with Crippen LogP contribution in [0.5, 0.6) is 11.5 Å². The van der Waals surface area contributed by atoms with Crippen LogP contribution >= 0.6 is 11.6 Å². The van der Waals surface area contributed by atoms with E-state index in [-0.39, 0.29) is 6.79 Å². The van der Waals surface area contributed by atoms with Crippen molar-refractivity contribution in [3.8, 4) is 17.6 Å². The summed E-state index contributed by atoms with van der Waals surface area (Å²) in [6, 6.07) is 7.66. The minimum atomic E-state index is -2.07. The molecule has 0 saturated heterocycles. The van der Waals surface area contributed by atoms with Crippen molar-refractivity contribution in [2.45, 2.75) is 25.6 Å². The van der Waals surface area contributed by atoms with Crippen molar-refractivity contribution in [2.24, 2.45) is 0 Å². The van der Waals surface area contributed by atoms with E-state index in [1.165, 1.54) is 0 Å². The van der Waals surface area contributed by atoms with Gasteiger partial charge in [-0.3, -0.25) is 0 Å². The van der Waals surface area contributed by atoms with Gasteiger partial charge in [-0.25, -0.2) is 0 Å². The molecular weight excluding hydrogens is 282 g/mol. The summed E-state index contributed by atoms with van der Waals surface area (Å²) < 4.78 is 16.6. The van der Waals surface area contributed by atoms with Gasteiger partial charge in [0.05, 0.1) is 0 Å². The Bertz CT molecular complexity index is 529. The molecule has 1 aliphatic heterocycles. The van der Waals surface area contributed by atoms with Gasteiger partial charge >= 0.3 is 0 Å². The fourth-order valence-electron chi connectivity index (χ4n) is 1.92. The summed E-state index contributed by atoms with van der Waals surface area (Å²) in [5, 5.41) is 9.48. The van der Waals surface area contributed by atoms with Crippen LogP contribution in [0.2, 0.25) is 13.1 Å². The highest BCUT2D eigenvalue weighted by Gasteiger charge is 2.36. The lowest BCUT2D eigenvalue weighted by Gasteiger charge is -2.32. The van der Waals surface area contributed by atoms with E-state index in [1.807, 2.05) is 19.2 Å². The van der Waals surface area contributed by atoms with Gasteiger partial charge in [0, 0.05) is 11.1 Å². The lowest BCUT2D eigenvalue weighted by atomic mass is 9.97. The Morgan fingerprint density at radius 1 is 1.42 bits per heavy atom. The Morgan fingerprint density at radius 2 is 2.11 bits per heavy atom. The molecule has 6 heteroatoms. The van der Waals surface area contributed by atoms with E-state index in [2.05, 4.69) is 6.07 Å². The molecule has 2 rings (SSSR count). The molecule has 0 fully saturated rings. The first kappa shape index (κ1) is 14.2. The van der Waals surface area contributed by atoms with Crippen molar-refractivity contribution in [2.75, 3.05) is 12.3 Å². The summed E-state index contributed by atoms with van der Waals surface area (Å²) in [4.78, 5) is 0. The molecule has 1 unspecified atom stereocenters. The van der Waals surface area contributed by atoms with Crippen LogP contribution < -0.4 is 9.47 Å². The van der Waals surface area contributed by atoms with E-state index in [0.717, 1.165) is 5.56 Å². The van der Waals surface area contributed by atoms with Gasteiger partial charge in [0.15, 0.2) is 17.1 Å². The fourth-order valence-corrected chi connectivity index (χ4v) is 3.41. The number of nitriles is 1. The highest BCUT2D eigenvalue weighted by Crippen LogP contribution is 2.37. The topological polar surface area (TPSA) is 51.5 Å². The first-order valence-corrected chi connectivity index (χ1v) is 9.63. The monoisotopic (exact) mass is 297 g/mol. The minimum Gasteiger partial charge on any atom is -0.454 e. The third kappa shape index (κ3) is 2.86.